The third-order valence-electron chi connectivity index (χ3n) is 1.51. The summed E-state index contributed by atoms with van der Waals surface area (Å²) in [6.07, 6.45) is -6.27. The van der Waals surface area contributed by atoms with Crippen LogP contribution in [0.3, 0.4) is 0 Å². The molecule has 0 radical (unpaired) electrons. The number of halogens is 4. The first kappa shape index (κ1) is 13.4. The maximum atomic E-state index is 12.0. The average Bonchev–Trinajstić information content (AvgIpc) is 2.07. The lowest BCUT2D eigenvalue weighted by Gasteiger charge is -2.13. The van der Waals surface area contributed by atoms with Crippen molar-refractivity contribution in [2.24, 2.45) is 5.73 Å². The third kappa shape index (κ3) is 3.99. The number of carbonyl (C=O) groups is 1. The highest BCUT2D eigenvalue weighted by atomic mass is 35.5. The second-order valence-electron chi connectivity index (χ2n) is 2.87. The van der Waals surface area contributed by atoms with Gasteiger partial charge in [-0.25, -0.2) is 4.79 Å². The first-order chi connectivity index (χ1) is 7.69. The predicted molar refractivity (Wildman–Crippen MR) is 50.9 cm³/mol. The van der Waals surface area contributed by atoms with Gasteiger partial charge in [0.2, 0.25) is 0 Å². The number of amides is 1. The summed E-state index contributed by atoms with van der Waals surface area (Å²) in [7, 11) is 0. The molecule has 94 valence electrons. The lowest BCUT2D eigenvalue weighted by atomic mass is 10.3. The second kappa shape index (κ2) is 4.66. The smallest absolute Gasteiger partial charge is 0.404 e. The molecule has 0 aliphatic carbocycles. The number of hydrogen-bond acceptors (Lipinski definition) is 4. The van der Waals surface area contributed by atoms with Gasteiger partial charge >= 0.3 is 12.5 Å². The van der Waals surface area contributed by atoms with E-state index in [1.54, 1.807) is 0 Å². The number of nitrogens with two attached hydrogens (primary N) is 1. The van der Waals surface area contributed by atoms with Crippen LogP contribution in [0, 0.1) is 6.92 Å². The van der Waals surface area contributed by atoms with Crippen molar-refractivity contribution in [2.75, 3.05) is 0 Å². The molecule has 0 unspecified atom stereocenters. The van der Waals surface area contributed by atoms with Gasteiger partial charge in [0.15, 0.2) is 5.75 Å². The van der Waals surface area contributed by atoms with E-state index in [0.717, 1.165) is 0 Å². The summed E-state index contributed by atoms with van der Waals surface area (Å²) in [5, 5.41) is -0.237. The van der Waals surface area contributed by atoms with Crippen molar-refractivity contribution in [2.45, 2.75) is 13.3 Å². The molecule has 1 aromatic rings. The van der Waals surface area contributed by atoms with Crippen LogP contribution >= 0.6 is 11.6 Å². The van der Waals surface area contributed by atoms with Crippen molar-refractivity contribution in [3.63, 3.8) is 0 Å². The average molecular weight is 271 g/mol. The zero-order chi connectivity index (χ0) is 13.2. The maximum absolute atomic E-state index is 12.0. The van der Waals surface area contributed by atoms with Crippen molar-refractivity contribution in [3.8, 4) is 11.6 Å². The monoisotopic (exact) mass is 270 g/mol. The molecule has 17 heavy (non-hydrogen) atoms. The van der Waals surface area contributed by atoms with E-state index in [9.17, 15) is 18.0 Å². The van der Waals surface area contributed by atoms with E-state index in [4.69, 9.17) is 17.3 Å². The van der Waals surface area contributed by atoms with E-state index in [0.29, 0.717) is 0 Å². The fourth-order valence-corrected chi connectivity index (χ4v) is 1.24. The number of alkyl halides is 3. The molecular formula is C8H6ClF3N2O3. The fraction of sp³-hybridized carbons (Fsp3) is 0.250. The number of nitrogens with zero attached hydrogens (tertiary/aromatic N) is 1. The van der Waals surface area contributed by atoms with Crippen LogP contribution in [0.25, 0.3) is 0 Å². The highest BCUT2D eigenvalue weighted by Crippen LogP contribution is 2.34. The number of ether oxygens (including phenoxy) is 2. The quantitative estimate of drug-likeness (QED) is 0.837. The Balaban J connectivity index is 3.20. The topological polar surface area (TPSA) is 74.4 Å². The predicted octanol–water partition coefficient (Wildman–Crippen LogP) is 2.40. The summed E-state index contributed by atoms with van der Waals surface area (Å²) < 4.78 is 44.1. The molecule has 1 heterocycles. The van der Waals surface area contributed by atoms with Gasteiger partial charge in [0.05, 0.1) is 0 Å². The second-order valence-corrected chi connectivity index (χ2v) is 3.25. The molecule has 0 spiro atoms. The van der Waals surface area contributed by atoms with Crippen LogP contribution in [0.5, 0.6) is 11.6 Å². The number of rotatable bonds is 2. The van der Waals surface area contributed by atoms with Crippen molar-refractivity contribution < 1.29 is 27.4 Å². The maximum Gasteiger partial charge on any atom is 0.574 e. The Morgan fingerprint density at radius 1 is 1.53 bits per heavy atom. The van der Waals surface area contributed by atoms with E-state index in [1.165, 1.54) is 13.0 Å². The summed E-state index contributed by atoms with van der Waals surface area (Å²) in [5.41, 5.74) is 4.83. The van der Waals surface area contributed by atoms with Crippen molar-refractivity contribution in [1.82, 2.24) is 4.98 Å². The van der Waals surface area contributed by atoms with E-state index < -0.39 is 24.1 Å². The molecule has 5 nitrogen and oxygen atoms in total. The minimum Gasteiger partial charge on any atom is -0.404 e. The summed E-state index contributed by atoms with van der Waals surface area (Å²) in [6.45, 7) is 1.36. The first-order valence-electron chi connectivity index (χ1n) is 4.09. The Bertz CT molecular complexity index is 450. The largest absolute Gasteiger partial charge is 0.574 e. The molecule has 0 saturated heterocycles. The number of pyridine rings is 1. The Morgan fingerprint density at radius 3 is 2.59 bits per heavy atom. The minimum atomic E-state index is -4.99. The van der Waals surface area contributed by atoms with Crippen LogP contribution in [0.2, 0.25) is 5.15 Å². The molecular weight excluding hydrogens is 265 g/mol. The Hall–Kier alpha value is -1.70. The van der Waals surface area contributed by atoms with Crippen LogP contribution in [-0.4, -0.2) is 17.4 Å². The number of primary amides is 1. The number of hydrogen-bond donors (Lipinski definition) is 1. The zero-order valence-corrected chi connectivity index (χ0v) is 9.09. The van der Waals surface area contributed by atoms with E-state index in [-0.39, 0.29) is 10.7 Å². The van der Waals surface area contributed by atoms with Crippen molar-refractivity contribution in [1.29, 1.82) is 0 Å². The van der Waals surface area contributed by atoms with E-state index >= 15 is 0 Å². The fourth-order valence-electron chi connectivity index (χ4n) is 0.996. The van der Waals surface area contributed by atoms with Gasteiger partial charge in [-0.3, -0.25) is 0 Å². The highest BCUT2D eigenvalue weighted by Gasteiger charge is 2.34. The van der Waals surface area contributed by atoms with Gasteiger partial charge < -0.3 is 15.2 Å². The van der Waals surface area contributed by atoms with Gasteiger partial charge in [-0.15, -0.1) is 13.2 Å². The summed E-state index contributed by atoms with van der Waals surface area (Å²) in [6, 6.07) is 1.20. The van der Waals surface area contributed by atoms with E-state index in [1.807, 2.05) is 0 Å². The number of carbonyl (C=O) groups excluding carboxylic acids is 1. The molecule has 0 aliphatic rings. The van der Waals surface area contributed by atoms with Crippen molar-refractivity contribution >= 4 is 17.7 Å². The highest BCUT2D eigenvalue weighted by molar-refractivity contribution is 6.29. The summed E-state index contributed by atoms with van der Waals surface area (Å²) >= 11 is 5.46. The minimum absolute atomic E-state index is 0.128. The molecule has 1 rings (SSSR count). The molecule has 1 aromatic heterocycles. The van der Waals surface area contributed by atoms with Gasteiger partial charge in [0, 0.05) is 5.56 Å². The SMILES string of the molecule is Cc1cc(Cl)nc(OC(F)(F)F)c1OC(N)=O. The Labute approximate surface area is 98.3 Å². The molecule has 0 bridgehead atoms. The molecule has 0 atom stereocenters. The van der Waals surface area contributed by atoms with Gasteiger partial charge in [0.25, 0.3) is 5.88 Å². The molecule has 0 aliphatic heterocycles. The summed E-state index contributed by atoms with van der Waals surface area (Å²) in [4.78, 5) is 13.8. The first-order valence-corrected chi connectivity index (χ1v) is 4.47. The van der Waals surface area contributed by atoms with Gasteiger partial charge in [-0.05, 0) is 13.0 Å². The van der Waals surface area contributed by atoms with Crippen molar-refractivity contribution in [3.05, 3.63) is 16.8 Å². The third-order valence-corrected chi connectivity index (χ3v) is 1.71. The standard InChI is InChI=1S/C8H6ClF3N2O3/c1-3-2-4(9)14-6(17-8(10,11)12)5(3)16-7(13)15/h2H,1H3,(H2,13,15). The number of aryl methyl sites for hydroxylation is 1. The van der Waals surface area contributed by atoms with Crippen LogP contribution in [0.1, 0.15) is 5.56 Å². The Kier molecular flexibility index (Phi) is 3.66. The van der Waals surface area contributed by atoms with Gasteiger partial charge in [-0.1, -0.05) is 11.6 Å². The van der Waals surface area contributed by atoms with Gasteiger partial charge in [-0.2, -0.15) is 4.98 Å². The van der Waals surface area contributed by atoms with Crippen LogP contribution in [0.4, 0.5) is 18.0 Å². The Morgan fingerprint density at radius 2 is 2.12 bits per heavy atom. The number of aromatic nitrogens is 1. The zero-order valence-electron chi connectivity index (χ0n) is 8.34. The van der Waals surface area contributed by atoms with Crippen LogP contribution in [-0.2, 0) is 0 Å². The molecule has 2 N–H and O–H groups in total. The molecule has 1 amide bonds. The normalized spacial score (nSPS) is 11.1. The summed E-state index contributed by atoms with van der Waals surface area (Å²) in [5.74, 6) is -1.50. The molecule has 0 aromatic carbocycles. The van der Waals surface area contributed by atoms with Crippen LogP contribution in [0.15, 0.2) is 6.07 Å². The molecule has 0 fully saturated rings. The lowest BCUT2D eigenvalue weighted by Crippen LogP contribution is -2.21. The molecule has 0 saturated carbocycles. The van der Waals surface area contributed by atoms with E-state index in [2.05, 4.69) is 14.5 Å². The van der Waals surface area contributed by atoms with Crippen LogP contribution < -0.4 is 15.2 Å². The van der Waals surface area contributed by atoms with Gasteiger partial charge in [0.1, 0.15) is 5.15 Å². The lowest BCUT2D eigenvalue weighted by molar-refractivity contribution is -0.276. The molecule has 9 heteroatoms.